The van der Waals surface area contributed by atoms with Crippen LogP contribution in [0.25, 0.3) is 0 Å². The minimum absolute atomic E-state index is 0.278. The summed E-state index contributed by atoms with van der Waals surface area (Å²) in [5, 5.41) is 0. The Hall–Kier alpha value is -1.51. The van der Waals surface area contributed by atoms with Gasteiger partial charge in [-0.2, -0.15) is 0 Å². The van der Waals surface area contributed by atoms with Gasteiger partial charge in [0.1, 0.15) is 0 Å². The van der Waals surface area contributed by atoms with Gasteiger partial charge in [-0.15, -0.1) is 0 Å². The van der Waals surface area contributed by atoms with Crippen molar-refractivity contribution in [2.45, 2.75) is 39.5 Å². The van der Waals surface area contributed by atoms with Crippen LogP contribution in [-0.2, 0) is 4.74 Å². The minimum Gasteiger partial charge on any atom is -0.465 e. The van der Waals surface area contributed by atoms with Gasteiger partial charge in [-0.25, -0.2) is 4.79 Å². The van der Waals surface area contributed by atoms with Crippen LogP contribution in [0.1, 0.15) is 49.9 Å². The van der Waals surface area contributed by atoms with Gasteiger partial charge in [-0.05, 0) is 37.1 Å². The summed E-state index contributed by atoms with van der Waals surface area (Å²) in [6.07, 6.45) is 4.85. The molecule has 0 radical (unpaired) electrons. The van der Waals surface area contributed by atoms with E-state index >= 15 is 0 Å². The summed E-state index contributed by atoms with van der Waals surface area (Å²) in [4.78, 5) is 13.8. The van der Waals surface area contributed by atoms with E-state index in [4.69, 9.17) is 4.74 Å². The van der Waals surface area contributed by atoms with E-state index in [2.05, 4.69) is 18.7 Å². The fourth-order valence-corrected chi connectivity index (χ4v) is 2.12. The largest absolute Gasteiger partial charge is 0.465 e. The molecule has 1 aromatic rings. The molecule has 0 saturated carbocycles. The number of rotatable bonds is 8. The predicted molar refractivity (Wildman–Crippen MR) is 79.8 cm³/mol. The number of hydrogen-bond acceptors (Lipinski definition) is 3. The highest BCUT2D eigenvalue weighted by molar-refractivity contribution is 5.89. The lowest BCUT2D eigenvalue weighted by Crippen LogP contribution is -2.25. The van der Waals surface area contributed by atoms with Crippen LogP contribution in [0.15, 0.2) is 24.3 Å². The molecule has 0 heterocycles. The molecule has 0 N–H and O–H groups in total. The number of hydrogen-bond donors (Lipinski definition) is 0. The average molecular weight is 263 g/mol. The molecule has 19 heavy (non-hydrogen) atoms. The van der Waals surface area contributed by atoms with Gasteiger partial charge >= 0.3 is 5.97 Å². The van der Waals surface area contributed by atoms with Gasteiger partial charge in [0.25, 0.3) is 0 Å². The molecule has 3 nitrogen and oxygen atoms in total. The Balaban J connectivity index is 2.70. The molecule has 0 aromatic heterocycles. The summed E-state index contributed by atoms with van der Waals surface area (Å²) in [6, 6.07) is 7.69. The second kappa shape index (κ2) is 8.57. The molecular formula is C16H25NO2. The lowest BCUT2D eigenvalue weighted by atomic mass is 10.1. The molecule has 0 spiro atoms. The molecule has 0 unspecified atom stereocenters. The molecule has 0 aliphatic heterocycles. The van der Waals surface area contributed by atoms with Crippen molar-refractivity contribution >= 4 is 11.7 Å². The quantitative estimate of drug-likeness (QED) is 0.526. The SMILES string of the molecule is CCCCCN(CCC)c1ccc(C(=O)OC)cc1. The monoisotopic (exact) mass is 263 g/mol. The number of carbonyl (C=O) groups is 1. The van der Waals surface area contributed by atoms with Crippen molar-refractivity contribution in [3.05, 3.63) is 29.8 Å². The predicted octanol–water partition coefficient (Wildman–Crippen LogP) is 3.88. The van der Waals surface area contributed by atoms with Crippen LogP contribution in [-0.4, -0.2) is 26.2 Å². The molecule has 0 aliphatic rings. The molecule has 3 heteroatoms. The highest BCUT2D eigenvalue weighted by atomic mass is 16.5. The summed E-state index contributed by atoms with van der Waals surface area (Å²) >= 11 is 0. The van der Waals surface area contributed by atoms with E-state index in [0.717, 1.165) is 19.5 Å². The van der Waals surface area contributed by atoms with Crippen LogP contribution < -0.4 is 4.90 Å². The molecule has 0 amide bonds. The van der Waals surface area contributed by atoms with E-state index in [1.54, 1.807) is 0 Å². The van der Waals surface area contributed by atoms with Gasteiger partial charge in [0.05, 0.1) is 12.7 Å². The molecule has 106 valence electrons. The topological polar surface area (TPSA) is 29.5 Å². The standard InChI is InChI=1S/C16H25NO2/c1-4-6-7-13-17(12-5-2)15-10-8-14(9-11-15)16(18)19-3/h8-11H,4-7,12-13H2,1-3H3. The third-order valence-electron chi connectivity index (χ3n) is 3.18. The number of ether oxygens (including phenoxy) is 1. The van der Waals surface area contributed by atoms with Gasteiger partial charge in [0.15, 0.2) is 0 Å². The van der Waals surface area contributed by atoms with Crippen molar-refractivity contribution in [2.75, 3.05) is 25.1 Å². The first kappa shape index (κ1) is 15.5. The first-order chi connectivity index (χ1) is 9.22. The van der Waals surface area contributed by atoms with Crippen LogP contribution in [0.2, 0.25) is 0 Å². The van der Waals surface area contributed by atoms with Crippen LogP contribution in [0, 0.1) is 0 Å². The Kier molecular flexibility index (Phi) is 7.01. The molecule has 1 aromatic carbocycles. The maximum atomic E-state index is 11.4. The van der Waals surface area contributed by atoms with Gasteiger partial charge in [0.2, 0.25) is 0 Å². The van der Waals surface area contributed by atoms with Gasteiger partial charge < -0.3 is 9.64 Å². The third-order valence-corrected chi connectivity index (χ3v) is 3.18. The summed E-state index contributed by atoms with van der Waals surface area (Å²) in [6.45, 7) is 6.55. The van der Waals surface area contributed by atoms with E-state index in [1.807, 2.05) is 24.3 Å². The smallest absolute Gasteiger partial charge is 0.337 e. The highest BCUT2D eigenvalue weighted by Gasteiger charge is 2.08. The average Bonchev–Trinajstić information content (AvgIpc) is 2.46. The zero-order chi connectivity index (χ0) is 14.1. The van der Waals surface area contributed by atoms with E-state index in [0.29, 0.717) is 5.56 Å². The first-order valence-corrected chi connectivity index (χ1v) is 7.16. The zero-order valence-corrected chi connectivity index (χ0v) is 12.3. The van der Waals surface area contributed by atoms with Crippen LogP contribution in [0.5, 0.6) is 0 Å². The molecule has 0 bridgehead atoms. The van der Waals surface area contributed by atoms with Crippen molar-refractivity contribution < 1.29 is 9.53 Å². The Morgan fingerprint density at radius 3 is 2.26 bits per heavy atom. The normalized spacial score (nSPS) is 10.3. The number of esters is 1. The van der Waals surface area contributed by atoms with Crippen LogP contribution in [0.4, 0.5) is 5.69 Å². The van der Waals surface area contributed by atoms with E-state index in [1.165, 1.54) is 32.1 Å². The second-order valence-electron chi connectivity index (χ2n) is 4.73. The number of unbranched alkanes of at least 4 members (excludes halogenated alkanes) is 2. The van der Waals surface area contributed by atoms with Crippen molar-refractivity contribution in [3.63, 3.8) is 0 Å². The molecule has 0 saturated heterocycles. The van der Waals surface area contributed by atoms with Gasteiger partial charge in [0, 0.05) is 18.8 Å². The third kappa shape index (κ3) is 4.93. The molecule has 1 rings (SSSR count). The summed E-state index contributed by atoms with van der Waals surface area (Å²) in [5.41, 5.74) is 1.79. The highest BCUT2D eigenvalue weighted by Crippen LogP contribution is 2.17. The van der Waals surface area contributed by atoms with Crippen molar-refractivity contribution in [1.29, 1.82) is 0 Å². The number of benzene rings is 1. The maximum absolute atomic E-state index is 11.4. The van der Waals surface area contributed by atoms with Crippen molar-refractivity contribution in [2.24, 2.45) is 0 Å². The van der Waals surface area contributed by atoms with Gasteiger partial charge in [-0.3, -0.25) is 0 Å². The molecule has 0 aliphatic carbocycles. The number of anilines is 1. The lowest BCUT2D eigenvalue weighted by Gasteiger charge is -2.24. The first-order valence-electron chi connectivity index (χ1n) is 7.16. The van der Waals surface area contributed by atoms with Crippen LogP contribution >= 0.6 is 0 Å². The molecule has 0 atom stereocenters. The van der Waals surface area contributed by atoms with E-state index in [9.17, 15) is 4.79 Å². The molecule has 0 fully saturated rings. The number of nitrogens with zero attached hydrogens (tertiary/aromatic N) is 1. The Bertz CT molecular complexity index is 373. The number of carbonyl (C=O) groups excluding carboxylic acids is 1. The molecular weight excluding hydrogens is 238 g/mol. The Labute approximate surface area is 116 Å². The summed E-state index contributed by atoms with van der Waals surface area (Å²) in [5.74, 6) is -0.278. The van der Waals surface area contributed by atoms with Crippen molar-refractivity contribution in [3.8, 4) is 0 Å². The van der Waals surface area contributed by atoms with Crippen LogP contribution in [0.3, 0.4) is 0 Å². The fourth-order valence-electron chi connectivity index (χ4n) is 2.12. The Morgan fingerprint density at radius 2 is 1.74 bits per heavy atom. The lowest BCUT2D eigenvalue weighted by molar-refractivity contribution is 0.0601. The van der Waals surface area contributed by atoms with Crippen molar-refractivity contribution in [1.82, 2.24) is 0 Å². The zero-order valence-electron chi connectivity index (χ0n) is 12.3. The van der Waals surface area contributed by atoms with E-state index in [-0.39, 0.29) is 5.97 Å². The Morgan fingerprint density at radius 1 is 1.05 bits per heavy atom. The fraction of sp³-hybridized carbons (Fsp3) is 0.562. The summed E-state index contributed by atoms with van der Waals surface area (Å²) < 4.78 is 4.71. The van der Waals surface area contributed by atoms with E-state index < -0.39 is 0 Å². The maximum Gasteiger partial charge on any atom is 0.337 e. The second-order valence-corrected chi connectivity index (χ2v) is 4.73. The summed E-state index contributed by atoms with van der Waals surface area (Å²) in [7, 11) is 1.41. The minimum atomic E-state index is -0.278. The van der Waals surface area contributed by atoms with Gasteiger partial charge in [-0.1, -0.05) is 26.7 Å². The number of methoxy groups -OCH3 is 1.